The van der Waals surface area contributed by atoms with Gasteiger partial charge in [-0.05, 0) is 17.3 Å². The fourth-order valence-electron chi connectivity index (χ4n) is 3.37. The average molecular weight is 320 g/mol. The minimum atomic E-state index is -4.56. The molecule has 1 heterocycles. The summed E-state index contributed by atoms with van der Waals surface area (Å²) in [6, 6.07) is 0. The number of carbonyl (C=O) groups excluding carboxylic acids is 2. The van der Waals surface area contributed by atoms with Crippen LogP contribution < -0.4 is 5.32 Å². The van der Waals surface area contributed by atoms with Gasteiger partial charge in [-0.25, -0.2) is 4.79 Å². The van der Waals surface area contributed by atoms with Crippen LogP contribution in [-0.4, -0.2) is 48.3 Å². The molecule has 2 aliphatic carbocycles. The minimum Gasteiger partial charge on any atom is -0.433 e. The van der Waals surface area contributed by atoms with Crippen LogP contribution in [0.3, 0.4) is 0 Å². The summed E-state index contributed by atoms with van der Waals surface area (Å²) in [6.07, 6.45) is -6.19. The Morgan fingerprint density at radius 2 is 1.77 bits per heavy atom. The number of amides is 2. The average Bonchev–Trinajstić information content (AvgIpc) is 3.18. The van der Waals surface area contributed by atoms with Gasteiger partial charge in [-0.2, -0.15) is 13.2 Å². The number of fused-ring (bicyclic) bond motifs is 1. The zero-order valence-corrected chi connectivity index (χ0v) is 12.5. The van der Waals surface area contributed by atoms with Gasteiger partial charge in [0.05, 0.1) is 0 Å². The first-order valence-corrected chi connectivity index (χ1v) is 7.38. The lowest BCUT2D eigenvalue weighted by molar-refractivity contribution is -0.217. The molecule has 0 spiro atoms. The Labute approximate surface area is 126 Å². The second kappa shape index (κ2) is 4.52. The van der Waals surface area contributed by atoms with Crippen molar-refractivity contribution in [3.05, 3.63) is 0 Å². The fourth-order valence-corrected chi connectivity index (χ4v) is 3.37. The quantitative estimate of drug-likeness (QED) is 0.864. The number of halogens is 3. The molecule has 2 atom stereocenters. The Morgan fingerprint density at radius 3 is 2.23 bits per heavy atom. The van der Waals surface area contributed by atoms with Gasteiger partial charge in [-0.1, -0.05) is 13.8 Å². The molecule has 1 N–H and O–H groups in total. The van der Waals surface area contributed by atoms with E-state index < -0.39 is 17.9 Å². The highest BCUT2D eigenvalue weighted by molar-refractivity contribution is 5.82. The van der Waals surface area contributed by atoms with Crippen LogP contribution >= 0.6 is 0 Å². The number of nitrogens with zero attached hydrogens (tertiary/aromatic N) is 1. The van der Waals surface area contributed by atoms with Crippen LogP contribution in [0.1, 0.15) is 26.7 Å². The van der Waals surface area contributed by atoms with Crippen LogP contribution in [0, 0.1) is 17.3 Å². The van der Waals surface area contributed by atoms with Gasteiger partial charge >= 0.3 is 12.3 Å². The SMILES string of the molecule is CC1(C)[C@@H]2CN(C(=O)CNC(=O)OC3(C(F)(F)F)CC3)C[C@@H]21. The smallest absolute Gasteiger partial charge is 0.428 e. The van der Waals surface area contributed by atoms with Gasteiger partial charge in [-0.15, -0.1) is 0 Å². The third-order valence-electron chi connectivity index (χ3n) is 5.37. The number of alkyl halides is 3. The molecular weight excluding hydrogens is 301 g/mol. The topological polar surface area (TPSA) is 58.6 Å². The van der Waals surface area contributed by atoms with Gasteiger partial charge in [0.25, 0.3) is 0 Å². The molecule has 1 aliphatic heterocycles. The summed E-state index contributed by atoms with van der Waals surface area (Å²) in [6.45, 7) is 5.30. The Kier molecular flexibility index (Phi) is 3.17. The summed E-state index contributed by atoms with van der Waals surface area (Å²) in [7, 11) is 0. The predicted octanol–water partition coefficient (Wildman–Crippen LogP) is 1.92. The zero-order valence-electron chi connectivity index (χ0n) is 12.5. The summed E-state index contributed by atoms with van der Waals surface area (Å²) < 4.78 is 42.4. The molecule has 2 amide bonds. The highest BCUT2D eigenvalue weighted by Crippen LogP contribution is 2.61. The summed E-state index contributed by atoms with van der Waals surface area (Å²) >= 11 is 0. The molecule has 0 bridgehead atoms. The first-order valence-electron chi connectivity index (χ1n) is 7.38. The zero-order chi connectivity index (χ0) is 16.3. The van der Waals surface area contributed by atoms with E-state index >= 15 is 0 Å². The number of hydrogen-bond donors (Lipinski definition) is 1. The van der Waals surface area contributed by atoms with Crippen molar-refractivity contribution in [1.82, 2.24) is 10.2 Å². The van der Waals surface area contributed by atoms with Crippen molar-refractivity contribution in [2.75, 3.05) is 19.6 Å². The van der Waals surface area contributed by atoms with Crippen molar-refractivity contribution in [3.8, 4) is 0 Å². The molecule has 0 radical (unpaired) electrons. The summed E-state index contributed by atoms with van der Waals surface area (Å²) in [5.74, 6) is 0.698. The van der Waals surface area contributed by atoms with E-state index in [9.17, 15) is 22.8 Å². The lowest BCUT2D eigenvalue weighted by Gasteiger charge is -2.23. The second-order valence-corrected chi connectivity index (χ2v) is 7.07. The van der Waals surface area contributed by atoms with Crippen LogP contribution in [0.4, 0.5) is 18.0 Å². The lowest BCUT2D eigenvalue weighted by atomic mass is 10.1. The molecule has 3 fully saturated rings. The van der Waals surface area contributed by atoms with E-state index in [0.29, 0.717) is 24.9 Å². The molecule has 1 saturated heterocycles. The first kappa shape index (κ1) is 15.4. The van der Waals surface area contributed by atoms with E-state index in [-0.39, 0.29) is 30.7 Å². The summed E-state index contributed by atoms with van der Waals surface area (Å²) in [5.41, 5.74) is -2.08. The van der Waals surface area contributed by atoms with Crippen molar-refractivity contribution in [1.29, 1.82) is 0 Å². The fraction of sp³-hybridized carbons (Fsp3) is 0.857. The summed E-state index contributed by atoms with van der Waals surface area (Å²) in [4.78, 5) is 25.0. The number of carbonyl (C=O) groups is 2. The van der Waals surface area contributed by atoms with Crippen molar-refractivity contribution < 1.29 is 27.5 Å². The number of ether oxygens (including phenoxy) is 1. The maximum Gasteiger partial charge on any atom is 0.428 e. The molecule has 124 valence electrons. The molecule has 5 nitrogen and oxygen atoms in total. The first-order chi connectivity index (χ1) is 10.1. The molecule has 0 aromatic rings. The van der Waals surface area contributed by atoms with Crippen LogP contribution in [0.2, 0.25) is 0 Å². The van der Waals surface area contributed by atoms with Gasteiger partial charge < -0.3 is 15.0 Å². The maximum atomic E-state index is 12.6. The van der Waals surface area contributed by atoms with Gasteiger partial charge in [0.2, 0.25) is 11.5 Å². The normalized spacial score (nSPS) is 30.5. The summed E-state index contributed by atoms with van der Waals surface area (Å²) in [5, 5.41) is 2.13. The van der Waals surface area contributed by atoms with Crippen LogP contribution in [-0.2, 0) is 9.53 Å². The third-order valence-corrected chi connectivity index (χ3v) is 5.37. The number of rotatable bonds is 3. The van der Waals surface area contributed by atoms with Crippen molar-refractivity contribution in [2.45, 2.75) is 38.5 Å². The molecule has 22 heavy (non-hydrogen) atoms. The van der Waals surface area contributed by atoms with Crippen LogP contribution in [0.5, 0.6) is 0 Å². The second-order valence-electron chi connectivity index (χ2n) is 7.07. The minimum absolute atomic E-state index is 0.220. The van der Waals surface area contributed by atoms with Gasteiger partial charge in [-0.3, -0.25) is 4.79 Å². The predicted molar refractivity (Wildman–Crippen MR) is 69.8 cm³/mol. The molecule has 0 unspecified atom stereocenters. The van der Waals surface area contributed by atoms with E-state index in [2.05, 4.69) is 23.9 Å². The molecule has 0 aromatic heterocycles. The van der Waals surface area contributed by atoms with Crippen LogP contribution in [0.15, 0.2) is 0 Å². The molecular formula is C14H19F3N2O3. The van der Waals surface area contributed by atoms with Crippen molar-refractivity contribution >= 4 is 12.0 Å². The standard InChI is InChI=1S/C14H19F3N2O3/c1-12(2)8-6-19(7-9(8)12)10(20)5-18-11(21)22-13(3-4-13)14(15,16)17/h8-9H,3-7H2,1-2H3,(H,18,21)/t8-,9+. The molecule has 2 saturated carbocycles. The Balaban J connectivity index is 1.42. The Hall–Kier alpha value is -1.47. The molecule has 3 aliphatic rings. The number of alkyl carbamates (subject to hydrolysis) is 1. The molecule has 3 rings (SSSR count). The van der Waals surface area contributed by atoms with E-state index in [0.717, 1.165) is 0 Å². The molecule has 0 aromatic carbocycles. The molecule has 8 heteroatoms. The van der Waals surface area contributed by atoms with E-state index in [1.165, 1.54) is 0 Å². The van der Waals surface area contributed by atoms with Gasteiger partial charge in [0.1, 0.15) is 6.54 Å². The van der Waals surface area contributed by atoms with Crippen molar-refractivity contribution in [3.63, 3.8) is 0 Å². The number of hydrogen-bond acceptors (Lipinski definition) is 3. The van der Waals surface area contributed by atoms with E-state index in [1.807, 2.05) is 0 Å². The van der Waals surface area contributed by atoms with E-state index in [4.69, 9.17) is 0 Å². The highest BCUT2D eigenvalue weighted by Gasteiger charge is 2.67. The van der Waals surface area contributed by atoms with Crippen LogP contribution in [0.25, 0.3) is 0 Å². The number of likely N-dealkylation sites (tertiary alicyclic amines) is 1. The third kappa shape index (κ3) is 2.42. The van der Waals surface area contributed by atoms with Gasteiger partial charge in [0, 0.05) is 25.9 Å². The number of piperidine rings is 1. The maximum absolute atomic E-state index is 12.6. The monoisotopic (exact) mass is 320 g/mol. The highest BCUT2D eigenvalue weighted by atomic mass is 19.4. The Morgan fingerprint density at radius 1 is 1.23 bits per heavy atom. The number of nitrogens with one attached hydrogen (secondary N) is 1. The van der Waals surface area contributed by atoms with E-state index in [1.54, 1.807) is 4.90 Å². The lowest BCUT2D eigenvalue weighted by Crippen LogP contribution is -2.44. The largest absolute Gasteiger partial charge is 0.433 e. The van der Waals surface area contributed by atoms with Gasteiger partial charge in [0.15, 0.2) is 0 Å². The Bertz CT molecular complexity index is 500. The van der Waals surface area contributed by atoms with Crippen molar-refractivity contribution in [2.24, 2.45) is 17.3 Å².